The largest absolute Gasteiger partial charge is 0.412 e. The van der Waals surface area contributed by atoms with E-state index in [1.165, 1.54) is 0 Å². The van der Waals surface area contributed by atoms with Crippen LogP contribution in [0.5, 0.6) is 0 Å². The van der Waals surface area contributed by atoms with Gasteiger partial charge in [-0.3, -0.25) is 4.79 Å². The van der Waals surface area contributed by atoms with Gasteiger partial charge < -0.3 is 11.2 Å². The maximum absolute atomic E-state index is 11.8. The summed E-state index contributed by atoms with van der Waals surface area (Å²) in [7, 11) is 0. The van der Waals surface area contributed by atoms with Crippen molar-refractivity contribution in [3.8, 4) is 0 Å². The third kappa shape index (κ3) is 5.23. The molecule has 3 aromatic carbocycles. The summed E-state index contributed by atoms with van der Waals surface area (Å²) in [5, 5.41) is 0. The Hall–Kier alpha value is -2.91. The Kier molecular flexibility index (Phi) is 7.09. The fourth-order valence-electron chi connectivity index (χ4n) is 1.80. The predicted molar refractivity (Wildman–Crippen MR) is 90.8 cm³/mol. The van der Waals surface area contributed by atoms with E-state index in [-0.39, 0.29) is 11.3 Å². The minimum Gasteiger partial charge on any atom is -0.412 e. The molecule has 22 heavy (non-hydrogen) atoms. The maximum atomic E-state index is 11.8. The van der Waals surface area contributed by atoms with Gasteiger partial charge in [-0.1, -0.05) is 78.9 Å². The normalized spacial score (nSPS) is 8.91. The summed E-state index contributed by atoms with van der Waals surface area (Å²) in [6, 6.07) is 28.1. The number of ketones is 1. The van der Waals surface area contributed by atoms with Gasteiger partial charge in [0.05, 0.1) is 0 Å². The zero-order chi connectivity index (χ0) is 14.9. The molecule has 0 unspecified atom stereocenters. The fourth-order valence-corrected chi connectivity index (χ4v) is 1.80. The number of rotatable bonds is 2. The van der Waals surface area contributed by atoms with Crippen molar-refractivity contribution in [3.63, 3.8) is 0 Å². The second kappa shape index (κ2) is 9.10. The summed E-state index contributed by atoms with van der Waals surface area (Å²) in [6.07, 6.45) is 0. The number of benzene rings is 3. The number of nitrogens with two attached hydrogens (primary N) is 1. The third-order valence-electron chi connectivity index (χ3n) is 2.87. The highest BCUT2D eigenvalue weighted by Crippen LogP contribution is 2.08. The van der Waals surface area contributed by atoms with Gasteiger partial charge in [-0.25, -0.2) is 0 Å². The van der Waals surface area contributed by atoms with E-state index in [2.05, 4.69) is 0 Å². The Labute approximate surface area is 130 Å². The van der Waals surface area contributed by atoms with E-state index in [1.54, 1.807) is 0 Å². The Morgan fingerprint density at radius 2 is 0.909 bits per heavy atom. The van der Waals surface area contributed by atoms with Crippen molar-refractivity contribution < 1.29 is 10.3 Å². The average molecular weight is 293 g/mol. The van der Waals surface area contributed by atoms with E-state index in [0.29, 0.717) is 0 Å². The van der Waals surface area contributed by atoms with Crippen LogP contribution in [0.25, 0.3) is 0 Å². The lowest BCUT2D eigenvalue weighted by Gasteiger charge is -1.99. The first-order chi connectivity index (χ1) is 10.3. The molecule has 0 aliphatic rings. The Morgan fingerprint density at radius 3 is 1.18 bits per heavy atom. The van der Waals surface area contributed by atoms with E-state index >= 15 is 0 Å². The molecule has 0 spiro atoms. The van der Waals surface area contributed by atoms with Crippen molar-refractivity contribution in [2.75, 3.05) is 5.73 Å². The molecule has 0 saturated carbocycles. The minimum atomic E-state index is 0. The molecule has 0 aliphatic carbocycles. The fraction of sp³-hybridized carbons (Fsp3) is 0. The zero-order valence-electron chi connectivity index (χ0n) is 12.1. The smallest absolute Gasteiger partial charge is 0.193 e. The molecule has 3 nitrogen and oxygen atoms in total. The Bertz CT molecular complexity index is 626. The van der Waals surface area contributed by atoms with Crippen molar-refractivity contribution in [1.82, 2.24) is 0 Å². The van der Waals surface area contributed by atoms with Gasteiger partial charge in [-0.2, -0.15) is 0 Å². The van der Waals surface area contributed by atoms with Crippen LogP contribution in [0.4, 0.5) is 5.69 Å². The molecule has 112 valence electrons. The standard InChI is InChI=1S/C13H10O.C6H7N.H2O/c14-13(11-7-3-1-4-8-11)12-9-5-2-6-10-12;7-6-4-2-1-3-5-6;/h1-10H;1-5H,7H2;1H2. The molecule has 4 N–H and O–H groups in total. The first-order valence-corrected chi connectivity index (χ1v) is 6.72. The molecular formula is C19H19NO2. The lowest BCUT2D eigenvalue weighted by atomic mass is 10.0. The summed E-state index contributed by atoms with van der Waals surface area (Å²) >= 11 is 0. The third-order valence-corrected chi connectivity index (χ3v) is 2.87. The number of hydrogen-bond acceptors (Lipinski definition) is 2. The van der Waals surface area contributed by atoms with Crippen LogP contribution in [0.3, 0.4) is 0 Å². The van der Waals surface area contributed by atoms with Gasteiger partial charge in [-0.15, -0.1) is 0 Å². The van der Waals surface area contributed by atoms with Crippen LogP contribution in [0, 0.1) is 0 Å². The number of carbonyl (C=O) groups is 1. The van der Waals surface area contributed by atoms with Crippen LogP contribution in [0.2, 0.25) is 0 Å². The lowest BCUT2D eigenvalue weighted by molar-refractivity contribution is 0.103. The van der Waals surface area contributed by atoms with Crippen LogP contribution in [-0.4, -0.2) is 11.3 Å². The molecule has 0 fully saturated rings. The van der Waals surface area contributed by atoms with Crippen LogP contribution in [0.15, 0.2) is 91.0 Å². The average Bonchev–Trinajstić information content (AvgIpc) is 2.57. The molecule has 3 heteroatoms. The van der Waals surface area contributed by atoms with Crippen LogP contribution >= 0.6 is 0 Å². The number of hydrogen-bond donors (Lipinski definition) is 1. The molecule has 0 heterocycles. The minimum absolute atomic E-state index is 0. The van der Waals surface area contributed by atoms with Crippen molar-refractivity contribution in [3.05, 3.63) is 102 Å². The molecule has 0 saturated heterocycles. The molecule has 0 atom stereocenters. The first-order valence-electron chi connectivity index (χ1n) is 6.72. The van der Waals surface area contributed by atoms with Gasteiger partial charge in [0.25, 0.3) is 0 Å². The monoisotopic (exact) mass is 293 g/mol. The molecule has 0 radical (unpaired) electrons. The first kappa shape index (κ1) is 17.1. The second-order valence-corrected chi connectivity index (χ2v) is 4.47. The van der Waals surface area contributed by atoms with E-state index < -0.39 is 0 Å². The zero-order valence-corrected chi connectivity index (χ0v) is 12.1. The van der Waals surface area contributed by atoms with E-state index in [1.807, 2.05) is 91.0 Å². The van der Waals surface area contributed by atoms with Crippen molar-refractivity contribution in [2.24, 2.45) is 0 Å². The highest BCUT2D eigenvalue weighted by molar-refractivity contribution is 6.08. The van der Waals surface area contributed by atoms with E-state index in [4.69, 9.17) is 5.73 Å². The SMILES string of the molecule is Nc1ccccc1.O.O=C(c1ccccc1)c1ccccc1. The quantitative estimate of drug-likeness (QED) is 0.581. The topological polar surface area (TPSA) is 74.6 Å². The van der Waals surface area contributed by atoms with Gasteiger partial charge in [0, 0.05) is 16.8 Å². The van der Waals surface area contributed by atoms with E-state index in [0.717, 1.165) is 16.8 Å². The summed E-state index contributed by atoms with van der Waals surface area (Å²) in [5.41, 5.74) is 7.65. The molecule has 0 aromatic heterocycles. The molecule has 0 bridgehead atoms. The van der Waals surface area contributed by atoms with Crippen LogP contribution < -0.4 is 5.73 Å². The van der Waals surface area contributed by atoms with Gasteiger partial charge in [0.15, 0.2) is 5.78 Å². The van der Waals surface area contributed by atoms with Gasteiger partial charge >= 0.3 is 0 Å². The highest BCUT2D eigenvalue weighted by atomic mass is 16.1. The van der Waals surface area contributed by atoms with Crippen molar-refractivity contribution >= 4 is 11.5 Å². The molecule has 0 aliphatic heterocycles. The molecule has 3 aromatic rings. The van der Waals surface area contributed by atoms with E-state index in [9.17, 15) is 4.79 Å². The highest BCUT2D eigenvalue weighted by Gasteiger charge is 2.06. The summed E-state index contributed by atoms with van der Waals surface area (Å²) < 4.78 is 0. The van der Waals surface area contributed by atoms with Gasteiger partial charge in [0.2, 0.25) is 0 Å². The molecule has 0 amide bonds. The summed E-state index contributed by atoms with van der Waals surface area (Å²) in [5.74, 6) is 0.0752. The Balaban J connectivity index is 0.000000258. The van der Waals surface area contributed by atoms with Crippen molar-refractivity contribution in [2.45, 2.75) is 0 Å². The van der Waals surface area contributed by atoms with Crippen LogP contribution in [0.1, 0.15) is 15.9 Å². The Morgan fingerprint density at radius 1 is 0.591 bits per heavy atom. The van der Waals surface area contributed by atoms with Crippen LogP contribution in [-0.2, 0) is 0 Å². The number of anilines is 1. The molecule has 3 rings (SSSR count). The summed E-state index contributed by atoms with van der Waals surface area (Å²) in [4.78, 5) is 11.8. The lowest BCUT2D eigenvalue weighted by Crippen LogP contribution is -1.99. The number of para-hydroxylation sites is 1. The second-order valence-electron chi connectivity index (χ2n) is 4.47. The van der Waals surface area contributed by atoms with Gasteiger partial charge in [0.1, 0.15) is 0 Å². The predicted octanol–water partition coefficient (Wildman–Crippen LogP) is 3.36. The van der Waals surface area contributed by atoms with Gasteiger partial charge in [-0.05, 0) is 12.1 Å². The molecular weight excluding hydrogens is 274 g/mol. The number of carbonyl (C=O) groups excluding carboxylic acids is 1. The number of nitrogen functional groups attached to an aromatic ring is 1. The van der Waals surface area contributed by atoms with Crippen molar-refractivity contribution in [1.29, 1.82) is 0 Å². The summed E-state index contributed by atoms with van der Waals surface area (Å²) in [6.45, 7) is 0. The maximum Gasteiger partial charge on any atom is 0.193 e.